The molecule has 0 radical (unpaired) electrons. The highest BCUT2D eigenvalue weighted by Gasteiger charge is 2.17. The Labute approximate surface area is 97.1 Å². The number of ether oxygens (including phenoxy) is 1. The Morgan fingerprint density at radius 2 is 2.13 bits per heavy atom. The highest BCUT2D eigenvalue weighted by atomic mass is 79.9. The maximum Gasteiger partial charge on any atom is 0.294 e. The fraction of sp³-hybridized carbons (Fsp3) is 0.333. The lowest BCUT2D eigenvalue weighted by Gasteiger charge is -2.10. The van der Waals surface area contributed by atoms with Crippen LogP contribution in [0, 0.1) is 0 Å². The van der Waals surface area contributed by atoms with E-state index >= 15 is 0 Å². The minimum atomic E-state index is -4.19. The average molecular weight is 295 g/mol. The first-order chi connectivity index (χ1) is 7.00. The lowest BCUT2D eigenvalue weighted by molar-refractivity contribution is 0.407. The number of methoxy groups -OCH3 is 1. The molecule has 0 aliphatic rings. The molecule has 84 valence electrons. The van der Waals surface area contributed by atoms with E-state index in [1.165, 1.54) is 19.2 Å². The molecule has 0 spiro atoms. The number of rotatable bonds is 4. The van der Waals surface area contributed by atoms with Crippen molar-refractivity contribution >= 4 is 26.0 Å². The number of hydrogen-bond acceptors (Lipinski definition) is 3. The number of hydrogen-bond donors (Lipinski definition) is 1. The summed E-state index contributed by atoms with van der Waals surface area (Å²) in [6, 6.07) is 4.54. The van der Waals surface area contributed by atoms with Crippen LogP contribution in [0.2, 0.25) is 0 Å². The largest absolute Gasteiger partial charge is 0.496 e. The summed E-state index contributed by atoms with van der Waals surface area (Å²) < 4.78 is 36.2. The Bertz CT molecular complexity index is 441. The molecular formula is C9H11BrO4S. The summed E-state index contributed by atoms with van der Waals surface area (Å²) in [7, 11) is -2.73. The van der Waals surface area contributed by atoms with E-state index in [-0.39, 0.29) is 4.90 Å². The average Bonchev–Trinajstić information content (AvgIpc) is 2.17. The Morgan fingerprint density at radius 1 is 1.47 bits per heavy atom. The van der Waals surface area contributed by atoms with Gasteiger partial charge in [-0.3, -0.25) is 4.55 Å². The molecule has 0 atom stereocenters. The summed E-state index contributed by atoms with van der Waals surface area (Å²) in [4.78, 5) is -0.0960. The van der Waals surface area contributed by atoms with Gasteiger partial charge in [-0.15, -0.1) is 0 Å². The quantitative estimate of drug-likeness (QED) is 0.680. The van der Waals surface area contributed by atoms with Crippen LogP contribution < -0.4 is 4.74 Å². The third kappa shape index (κ3) is 2.93. The monoisotopic (exact) mass is 294 g/mol. The third-order valence-electron chi connectivity index (χ3n) is 1.93. The molecule has 1 aromatic carbocycles. The minimum absolute atomic E-state index is 0.0960. The second-order valence-electron chi connectivity index (χ2n) is 2.85. The lowest BCUT2D eigenvalue weighted by Crippen LogP contribution is -2.05. The van der Waals surface area contributed by atoms with Crippen molar-refractivity contribution in [2.45, 2.75) is 11.3 Å². The van der Waals surface area contributed by atoms with Crippen molar-refractivity contribution in [3.05, 3.63) is 23.8 Å². The van der Waals surface area contributed by atoms with Crippen molar-refractivity contribution in [1.82, 2.24) is 0 Å². The van der Waals surface area contributed by atoms with Crippen molar-refractivity contribution in [1.29, 1.82) is 0 Å². The van der Waals surface area contributed by atoms with Gasteiger partial charge in [-0.25, -0.2) is 0 Å². The Hall–Kier alpha value is -0.590. The SMILES string of the molecule is COc1cccc(S(=O)(=O)O)c1CCBr. The summed E-state index contributed by atoms with van der Waals surface area (Å²) >= 11 is 3.22. The number of benzene rings is 1. The predicted molar refractivity (Wildman–Crippen MR) is 60.3 cm³/mol. The molecule has 0 bridgehead atoms. The standard InChI is InChI=1S/C9H11BrO4S/c1-14-8-3-2-4-9(15(11,12)13)7(8)5-6-10/h2-4H,5-6H2,1H3,(H,11,12,13). The summed E-state index contributed by atoms with van der Waals surface area (Å²) in [6.45, 7) is 0. The Morgan fingerprint density at radius 3 is 2.60 bits per heavy atom. The highest BCUT2D eigenvalue weighted by Crippen LogP contribution is 2.26. The normalized spacial score (nSPS) is 11.4. The van der Waals surface area contributed by atoms with Crippen LogP contribution in [0.4, 0.5) is 0 Å². The van der Waals surface area contributed by atoms with E-state index in [0.717, 1.165) is 0 Å². The first kappa shape index (κ1) is 12.5. The van der Waals surface area contributed by atoms with Crippen LogP contribution in [0.25, 0.3) is 0 Å². The van der Waals surface area contributed by atoms with Gasteiger partial charge in [0.1, 0.15) is 10.6 Å². The molecule has 1 aromatic rings. The zero-order chi connectivity index (χ0) is 11.5. The molecule has 0 saturated carbocycles. The molecule has 15 heavy (non-hydrogen) atoms. The molecule has 6 heteroatoms. The molecular weight excluding hydrogens is 284 g/mol. The van der Waals surface area contributed by atoms with E-state index in [1.807, 2.05) is 0 Å². The summed E-state index contributed by atoms with van der Waals surface area (Å²) in [5.74, 6) is 0.463. The van der Waals surface area contributed by atoms with Crippen LogP contribution in [0.15, 0.2) is 23.1 Å². The molecule has 0 aliphatic carbocycles. The van der Waals surface area contributed by atoms with Crippen molar-refractivity contribution < 1.29 is 17.7 Å². The van der Waals surface area contributed by atoms with E-state index < -0.39 is 10.1 Å². The van der Waals surface area contributed by atoms with Gasteiger partial charge in [0.2, 0.25) is 0 Å². The van der Waals surface area contributed by atoms with Crippen LogP contribution in [-0.2, 0) is 16.5 Å². The molecule has 0 saturated heterocycles. The second-order valence-corrected chi connectivity index (χ2v) is 5.03. The zero-order valence-corrected chi connectivity index (χ0v) is 10.5. The van der Waals surface area contributed by atoms with Gasteiger partial charge in [-0.2, -0.15) is 8.42 Å². The molecule has 0 heterocycles. The van der Waals surface area contributed by atoms with Crippen molar-refractivity contribution in [2.75, 3.05) is 12.4 Å². The Balaban J connectivity index is 3.38. The van der Waals surface area contributed by atoms with Gasteiger partial charge < -0.3 is 4.74 Å². The first-order valence-corrected chi connectivity index (χ1v) is 6.76. The smallest absolute Gasteiger partial charge is 0.294 e. The minimum Gasteiger partial charge on any atom is -0.496 e. The van der Waals surface area contributed by atoms with Gasteiger partial charge in [-0.1, -0.05) is 22.0 Å². The van der Waals surface area contributed by atoms with Crippen LogP contribution >= 0.6 is 15.9 Å². The predicted octanol–water partition coefficient (Wildman–Crippen LogP) is 1.88. The van der Waals surface area contributed by atoms with E-state index in [0.29, 0.717) is 23.1 Å². The molecule has 0 aromatic heterocycles. The van der Waals surface area contributed by atoms with Crippen LogP contribution in [-0.4, -0.2) is 25.4 Å². The van der Waals surface area contributed by atoms with Gasteiger partial charge in [0, 0.05) is 10.9 Å². The summed E-state index contributed by atoms with van der Waals surface area (Å²) in [6.07, 6.45) is 0.471. The van der Waals surface area contributed by atoms with Crippen molar-refractivity contribution in [3.8, 4) is 5.75 Å². The maximum atomic E-state index is 11.1. The van der Waals surface area contributed by atoms with Crippen molar-refractivity contribution in [3.63, 3.8) is 0 Å². The maximum absolute atomic E-state index is 11.1. The number of halogens is 1. The molecule has 1 N–H and O–H groups in total. The van der Waals surface area contributed by atoms with E-state index in [2.05, 4.69) is 15.9 Å². The molecule has 1 rings (SSSR count). The van der Waals surface area contributed by atoms with Gasteiger partial charge in [0.05, 0.1) is 7.11 Å². The van der Waals surface area contributed by atoms with E-state index in [1.54, 1.807) is 6.07 Å². The fourth-order valence-corrected chi connectivity index (χ4v) is 2.48. The van der Waals surface area contributed by atoms with Gasteiger partial charge in [0.25, 0.3) is 10.1 Å². The first-order valence-electron chi connectivity index (χ1n) is 4.20. The summed E-state index contributed by atoms with van der Waals surface area (Å²) in [5.41, 5.74) is 0.486. The lowest BCUT2D eigenvalue weighted by atomic mass is 10.1. The zero-order valence-electron chi connectivity index (χ0n) is 8.10. The molecule has 0 fully saturated rings. The van der Waals surface area contributed by atoms with Crippen LogP contribution in [0.1, 0.15) is 5.56 Å². The van der Waals surface area contributed by atoms with Gasteiger partial charge >= 0.3 is 0 Å². The van der Waals surface area contributed by atoms with E-state index in [9.17, 15) is 8.42 Å². The molecule has 4 nitrogen and oxygen atoms in total. The van der Waals surface area contributed by atoms with Crippen LogP contribution in [0.5, 0.6) is 5.75 Å². The summed E-state index contributed by atoms with van der Waals surface area (Å²) in [5, 5.41) is 0.593. The number of alkyl halides is 1. The third-order valence-corrected chi connectivity index (χ3v) is 3.27. The van der Waals surface area contributed by atoms with Gasteiger partial charge in [0.15, 0.2) is 0 Å². The second kappa shape index (κ2) is 4.96. The van der Waals surface area contributed by atoms with Crippen molar-refractivity contribution in [2.24, 2.45) is 0 Å². The molecule has 0 amide bonds. The van der Waals surface area contributed by atoms with Gasteiger partial charge in [-0.05, 0) is 18.6 Å². The van der Waals surface area contributed by atoms with Crippen LogP contribution in [0.3, 0.4) is 0 Å². The fourth-order valence-electron chi connectivity index (χ4n) is 1.32. The molecule has 0 unspecified atom stereocenters. The van der Waals surface area contributed by atoms with E-state index in [4.69, 9.17) is 9.29 Å². The molecule has 0 aliphatic heterocycles. The Kier molecular flexibility index (Phi) is 4.12. The topological polar surface area (TPSA) is 63.6 Å². The highest BCUT2D eigenvalue weighted by molar-refractivity contribution is 9.09.